The lowest BCUT2D eigenvalue weighted by Crippen LogP contribution is -1.99. The number of methoxy groups -OCH3 is 1. The highest BCUT2D eigenvalue weighted by molar-refractivity contribution is 7.98. The van der Waals surface area contributed by atoms with Gasteiger partial charge in [0.05, 0.1) is 24.7 Å². The minimum absolute atomic E-state index is 0.497. The first-order valence-electron chi connectivity index (χ1n) is 7.99. The van der Waals surface area contributed by atoms with E-state index >= 15 is 0 Å². The summed E-state index contributed by atoms with van der Waals surface area (Å²) in [6.07, 6.45) is 1.69. The van der Waals surface area contributed by atoms with Crippen molar-refractivity contribution in [3.63, 3.8) is 0 Å². The molecule has 0 bridgehead atoms. The maximum atomic E-state index is 6.03. The standard InChI is InChI=1S/C18H14ClN5O2S/c1-25-15-7-5-14(6-8-15)24-18(21-22-23-24)27-11-17-20-10-16(26-17)12-3-2-4-13(19)9-12/h2-10H,11H2,1H3. The van der Waals surface area contributed by atoms with Crippen molar-refractivity contribution in [1.29, 1.82) is 0 Å². The first-order chi connectivity index (χ1) is 13.2. The largest absolute Gasteiger partial charge is 0.497 e. The Kier molecular flexibility index (Phi) is 5.08. The van der Waals surface area contributed by atoms with E-state index in [0.29, 0.717) is 27.6 Å². The van der Waals surface area contributed by atoms with Crippen LogP contribution in [0, 0.1) is 0 Å². The molecule has 0 amide bonds. The van der Waals surface area contributed by atoms with Crippen molar-refractivity contribution in [3.8, 4) is 22.8 Å². The van der Waals surface area contributed by atoms with Gasteiger partial charge in [0, 0.05) is 10.6 Å². The summed E-state index contributed by atoms with van der Waals surface area (Å²) >= 11 is 7.46. The average molecular weight is 400 g/mol. The maximum Gasteiger partial charge on any atom is 0.214 e. The Labute approximate surface area is 164 Å². The molecule has 9 heteroatoms. The number of hydrogen-bond donors (Lipinski definition) is 0. The molecule has 0 atom stereocenters. The highest BCUT2D eigenvalue weighted by atomic mass is 35.5. The molecule has 0 fully saturated rings. The molecule has 0 N–H and O–H groups in total. The second-order valence-electron chi connectivity index (χ2n) is 5.49. The van der Waals surface area contributed by atoms with Crippen LogP contribution in [0.4, 0.5) is 0 Å². The van der Waals surface area contributed by atoms with Crippen LogP contribution in [0.1, 0.15) is 5.89 Å². The van der Waals surface area contributed by atoms with Crippen molar-refractivity contribution in [1.82, 2.24) is 25.2 Å². The fourth-order valence-corrected chi connectivity index (χ4v) is 3.37. The van der Waals surface area contributed by atoms with Crippen molar-refractivity contribution in [2.24, 2.45) is 0 Å². The lowest BCUT2D eigenvalue weighted by Gasteiger charge is -2.04. The molecule has 0 saturated heterocycles. The number of halogens is 1. The Hall–Kier alpha value is -2.84. The van der Waals surface area contributed by atoms with Gasteiger partial charge in [0.2, 0.25) is 11.0 Å². The minimum atomic E-state index is 0.497. The smallest absolute Gasteiger partial charge is 0.214 e. The molecule has 0 aliphatic rings. The van der Waals surface area contributed by atoms with Gasteiger partial charge in [0.1, 0.15) is 5.75 Å². The first-order valence-corrected chi connectivity index (χ1v) is 9.35. The molecule has 0 radical (unpaired) electrons. The maximum absolute atomic E-state index is 6.03. The quantitative estimate of drug-likeness (QED) is 0.448. The number of thioether (sulfide) groups is 1. The SMILES string of the molecule is COc1ccc(-n2nnnc2SCc2ncc(-c3cccc(Cl)c3)o2)cc1. The molecule has 0 aliphatic heterocycles. The van der Waals surface area contributed by atoms with E-state index in [9.17, 15) is 0 Å². The van der Waals surface area contributed by atoms with E-state index < -0.39 is 0 Å². The van der Waals surface area contributed by atoms with Gasteiger partial charge in [-0.25, -0.2) is 4.98 Å². The van der Waals surface area contributed by atoms with Crippen LogP contribution in [0.25, 0.3) is 17.0 Å². The van der Waals surface area contributed by atoms with E-state index in [1.807, 2.05) is 48.5 Å². The lowest BCUT2D eigenvalue weighted by atomic mass is 10.2. The van der Waals surface area contributed by atoms with Crippen LogP contribution in [0.15, 0.2) is 64.3 Å². The van der Waals surface area contributed by atoms with Crippen LogP contribution in [-0.4, -0.2) is 32.3 Å². The van der Waals surface area contributed by atoms with Crippen LogP contribution in [-0.2, 0) is 5.75 Å². The van der Waals surface area contributed by atoms with Crippen molar-refractivity contribution in [2.45, 2.75) is 10.9 Å². The Morgan fingerprint density at radius 1 is 1.19 bits per heavy atom. The van der Waals surface area contributed by atoms with Crippen molar-refractivity contribution in [2.75, 3.05) is 7.11 Å². The van der Waals surface area contributed by atoms with E-state index in [1.54, 1.807) is 18.0 Å². The van der Waals surface area contributed by atoms with Gasteiger partial charge in [-0.15, -0.1) is 5.10 Å². The van der Waals surface area contributed by atoms with Gasteiger partial charge in [-0.1, -0.05) is 35.5 Å². The minimum Gasteiger partial charge on any atom is -0.497 e. The fourth-order valence-electron chi connectivity index (χ4n) is 2.43. The summed E-state index contributed by atoms with van der Waals surface area (Å²) in [6, 6.07) is 14.9. The van der Waals surface area contributed by atoms with Crippen LogP contribution >= 0.6 is 23.4 Å². The molecule has 4 aromatic rings. The third-order valence-corrected chi connectivity index (χ3v) is 4.88. The molecular weight excluding hydrogens is 386 g/mol. The average Bonchev–Trinajstić information content (AvgIpc) is 3.36. The van der Waals surface area contributed by atoms with Crippen LogP contribution in [0.3, 0.4) is 0 Å². The topological polar surface area (TPSA) is 78.9 Å². The summed E-state index contributed by atoms with van der Waals surface area (Å²) < 4.78 is 12.6. The van der Waals surface area contributed by atoms with Crippen molar-refractivity contribution >= 4 is 23.4 Å². The van der Waals surface area contributed by atoms with Crippen LogP contribution < -0.4 is 4.74 Å². The molecule has 136 valence electrons. The van der Waals surface area contributed by atoms with E-state index in [0.717, 1.165) is 17.0 Å². The zero-order chi connectivity index (χ0) is 18.6. The van der Waals surface area contributed by atoms with Crippen molar-refractivity contribution in [3.05, 3.63) is 65.6 Å². The third-order valence-electron chi connectivity index (χ3n) is 3.75. The van der Waals surface area contributed by atoms with Gasteiger partial charge in [0.15, 0.2) is 5.76 Å². The predicted molar refractivity (Wildman–Crippen MR) is 102 cm³/mol. The van der Waals surface area contributed by atoms with Crippen LogP contribution in [0.2, 0.25) is 5.02 Å². The normalized spacial score (nSPS) is 10.9. The molecule has 0 saturated carbocycles. The number of nitrogens with zero attached hydrogens (tertiary/aromatic N) is 5. The Morgan fingerprint density at radius 3 is 2.81 bits per heavy atom. The molecule has 2 aromatic heterocycles. The number of tetrazole rings is 1. The number of hydrogen-bond acceptors (Lipinski definition) is 7. The molecule has 2 heterocycles. The Morgan fingerprint density at radius 2 is 2.04 bits per heavy atom. The van der Waals surface area contributed by atoms with Gasteiger partial charge in [-0.2, -0.15) is 4.68 Å². The number of oxazole rings is 1. The fraction of sp³-hybridized carbons (Fsp3) is 0.111. The molecule has 2 aromatic carbocycles. The summed E-state index contributed by atoms with van der Waals surface area (Å²) in [7, 11) is 1.63. The zero-order valence-corrected chi connectivity index (χ0v) is 15.8. The third kappa shape index (κ3) is 3.96. The molecule has 4 rings (SSSR count). The van der Waals surface area contributed by atoms with E-state index in [2.05, 4.69) is 20.5 Å². The summed E-state index contributed by atoms with van der Waals surface area (Å²) in [5, 5.41) is 13.2. The Bertz CT molecular complexity index is 1050. The number of ether oxygens (including phenoxy) is 1. The predicted octanol–water partition coefficient (Wildman–Crippen LogP) is 4.27. The van der Waals surface area contributed by atoms with Gasteiger partial charge in [0.25, 0.3) is 0 Å². The van der Waals surface area contributed by atoms with E-state index in [-0.39, 0.29) is 0 Å². The second-order valence-corrected chi connectivity index (χ2v) is 6.87. The number of rotatable bonds is 6. The number of aromatic nitrogens is 5. The molecular formula is C18H14ClN5O2S. The zero-order valence-electron chi connectivity index (χ0n) is 14.2. The Balaban J connectivity index is 1.48. The molecule has 0 aliphatic carbocycles. The first kappa shape index (κ1) is 17.6. The second kappa shape index (κ2) is 7.81. The summed E-state index contributed by atoms with van der Waals surface area (Å²) in [5.74, 6) is 2.52. The van der Waals surface area contributed by atoms with Gasteiger partial charge in [-0.3, -0.25) is 0 Å². The molecule has 0 unspecified atom stereocenters. The summed E-state index contributed by atoms with van der Waals surface area (Å²) in [5.41, 5.74) is 1.73. The van der Waals surface area contributed by atoms with Gasteiger partial charge >= 0.3 is 0 Å². The van der Waals surface area contributed by atoms with Gasteiger partial charge in [-0.05, 0) is 46.8 Å². The lowest BCUT2D eigenvalue weighted by molar-refractivity contribution is 0.414. The van der Waals surface area contributed by atoms with Crippen molar-refractivity contribution < 1.29 is 9.15 Å². The molecule has 0 spiro atoms. The molecule has 27 heavy (non-hydrogen) atoms. The molecule has 7 nitrogen and oxygen atoms in total. The van der Waals surface area contributed by atoms with E-state index in [4.69, 9.17) is 20.8 Å². The summed E-state index contributed by atoms with van der Waals surface area (Å²) in [6.45, 7) is 0. The number of benzene rings is 2. The van der Waals surface area contributed by atoms with E-state index in [1.165, 1.54) is 11.8 Å². The van der Waals surface area contributed by atoms with Gasteiger partial charge < -0.3 is 9.15 Å². The highest BCUT2D eigenvalue weighted by Crippen LogP contribution is 2.27. The van der Waals surface area contributed by atoms with Crippen LogP contribution in [0.5, 0.6) is 5.75 Å². The monoisotopic (exact) mass is 399 g/mol. The highest BCUT2D eigenvalue weighted by Gasteiger charge is 2.12. The summed E-state index contributed by atoms with van der Waals surface area (Å²) in [4.78, 5) is 4.32.